The topological polar surface area (TPSA) is 50.7 Å². The van der Waals surface area contributed by atoms with E-state index >= 15 is 0 Å². The number of aromatic hydroxyl groups is 1. The second kappa shape index (κ2) is 6.93. The predicted octanol–water partition coefficient (Wildman–Crippen LogP) is 3.18. The summed E-state index contributed by atoms with van der Waals surface area (Å²) in [5, 5.41) is 9.93. The SMILES string of the molecule is COc1ccc(C(C)NOCc2ccccc2)c(O)c1. The van der Waals surface area contributed by atoms with Crippen LogP contribution in [0, 0.1) is 0 Å². The zero-order valence-corrected chi connectivity index (χ0v) is 11.7. The highest BCUT2D eigenvalue weighted by Gasteiger charge is 2.11. The van der Waals surface area contributed by atoms with Gasteiger partial charge in [-0.15, -0.1) is 0 Å². The van der Waals surface area contributed by atoms with Crippen molar-refractivity contribution in [2.75, 3.05) is 7.11 Å². The normalized spacial score (nSPS) is 12.1. The molecule has 2 aromatic carbocycles. The van der Waals surface area contributed by atoms with E-state index in [4.69, 9.17) is 9.57 Å². The van der Waals surface area contributed by atoms with Crippen molar-refractivity contribution in [1.29, 1.82) is 0 Å². The lowest BCUT2D eigenvalue weighted by Gasteiger charge is -2.16. The molecule has 1 unspecified atom stereocenters. The first-order valence-corrected chi connectivity index (χ1v) is 6.49. The lowest BCUT2D eigenvalue weighted by atomic mass is 10.1. The van der Waals surface area contributed by atoms with E-state index in [0.717, 1.165) is 11.1 Å². The van der Waals surface area contributed by atoms with Gasteiger partial charge in [-0.05, 0) is 18.6 Å². The fraction of sp³-hybridized carbons (Fsp3) is 0.250. The maximum absolute atomic E-state index is 9.93. The van der Waals surface area contributed by atoms with Gasteiger partial charge in [0.05, 0.1) is 19.8 Å². The summed E-state index contributed by atoms with van der Waals surface area (Å²) in [6.07, 6.45) is 0. The number of hydrogen-bond acceptors (Lipinski definition) is 4. The molecule has 0 fully saturated rings. The van der Waals surface area contributed by atoms with Gasteiger partial charge in [-0.2, -0.15) is 5.48 Å². The number of benzene rings is 2. The van der Waals surface area contributed by atoms with Crippen LogP contribution in [0.3, 0.4) is 0 Å². The molecule has 0 amide bonds. The minimum absolute atomic E-state index is 0.121. The lowest BCUT2D eigenvalue weighted by molar-refractivity contribution is 0.00653. The first-order chi connectivity index (χ1) is 9.70. The van der Waals surface area contributed by atoms with Crippen molar-refractivity contribution in [3.8, 4) is 11.5 Å². The standard InChI is InChI=1S/C16H19NO3/c1-12(15-9-8-14(19-2)10-16(15)18)17-20-11-13-6-4-3-5-7-13/h3-10,12,17-18H,11H2,1-2H3. The van der Waals surface area contributed by atoms with Crippen molar-refractivity contribution in [1.82, 2.24) is 5.48 Å². The van der Waals surface area contributed by atoms with Crippen LogP contribution >= 0.6 is 0 Å². The molecule has 4 nitrogen and oxygen atoms in total. The summed E-state index contributed by atoms with van der Waals surface area (Å²) >= 11 is 0. The summed E-state index contributed by atoms with van der Waals surface area (Å²) in [6.45, 7) is 2.40. The van der Waals surface area contributed by atoms with Gasteiger partial charge in [0.15, 0.2) is 0 Å². The van der Waals surface area contributed by atoms with Gasteiger partial charge in [0.2, 0.25) is 0 Å². The number of phenolic OH excluding ortho intramolecular Hbond substituents is 1. The molecular weight excluding hydrogens is 254 g/mol. The Bertz CT molecular complexity index is 543. The Balaban J connectivity index is 1.90. The monoisotopic (exact) mass is 273 g/mol. The van der Waals surface area contributed by atoms with Crippen LogP contribution in [0.1, 0.15) is 24.1 Å². The molecule has 2 N–H and O–H groups in total. The number of phenols is 1. The second-order valence-corrected chi connectivity index (χ2v) is 4.54. The van der Waals surface area contributed by atoms with Crippen molar-refractivity contribution in [3.63, 3.8) is 0 Å². The van der Waals surface area contributed by atoms with Crippen LogP contribution in [0.25, 0.3) is 0 Å². The second-order valence-electron chi connectivity index (χ2n) is 4.54. The molecule has 106 valence electrons. The molecule has 0 aliphatic heterocycles. The predicted molar refractivity (Wildman–Crippen MR) is 77.4 cm³/mol. The summed E-state index contributed by atoms with van der Waals surface area (Å²) in [7, 11) is 1.57. The molecule has 0 bridgehead atoms. The van der Waals surface area contributed by atoms with Gasteiger partial charge >= 0.3 is 0 Å². The number of ether oxygens (including phenoxy) is 1. The molecule has 2 rings (SSSR count). The van der Waals surface area contributed by atoms with Crippen molar-refractivity contribution < 1.29 is 14.7 Å². The van der Waals surface area contributed by atoms with Gasteiger partial charge in [-0.25, -0.2) is 0 Å². The Morgan fingerprint density at radius 3 is 2.55 bits per heavy atom. The van der Waals surface area contributed by atoms with Crippen LogP contribution < -0.4 is 10.2 Å². The molecule has 1 atom stereocenters. The fourth-order valence-electron chi connectivity index (χ4n) is 1.90. The van der Waals surface area contributed by atoms with Crippen molar-refractivity contribution >= 4 is 0 Å². The van der Waals surface area contributed by atoms with Gasteiger partial charge < -0.3 is 9.84 Å². The molecule has 20 heavy (non-hydrogen) atoms. The van der Waals surface area contributed by atoms with E-state index in [1.165, 1.54) is 0 Å². The van der Waals surface area contributed by atoms with Crippen LogP contribution in [0.15, 0.2) is 48.5 Å². The molecule has 0 radical (unpaired) electrons. The first-order valence-electron chi connectivity index (χ1n) is 6.49. The number of rotatable bonds is 6. The highest BCUT2D eigenvalue weighted by atomic mass is 16.6. The Hall–Kier alpha value is -2.04. The Morgan fingerprint density at radius 2 is 1.90 bits per heavy atom. The van der Waals surface area contributed by atoms with E-state index in [2.05, 4.69) is 5.48 Å². The molecule has 0 saturated carbocycles. The fourth-order valence-corrected chi connectivity index (χ4v) is 1.90. The third kappa shape index (κ3) is 3.73. The quantitative estimate of drug-likeness (QED) is 0.794. The van der Waals surface area contributed by atoms with Gasteiger partial charge in [-0.1, -0.05) is 36.4 Å². The highest BCUT2D eigenvalue weighted by Crippen LogP contribution is 2.28. The number of nitrogens with one attached hydrogen (secondary N) is 1. The number of hydroxylamine groups is 1. The maximum atomic E-state index is 9.93. The van der Waals surface area contributed by atoms with Crippen LogP contribution in [-0.4, -0.2) is 12.2 Å². The van der Waals surface area contributed by atoms with Crippen molar-refractivity contribution in [3.05, 3.63) is 59.7 Å². The molecule has 0 heterocycles. The molecule has 2 aromatic rings. The van der Waals surface area contributed by atoms with E-state index < -0.39 is 0 Å². The highest BCUT2D eigenvalue weighted by molar-refractivity contribution is 5.41. The average Bonchev–Trinajstić information content (AvgIpc) is 2.48. The minimum Gasteiger partial charge on any atom is -0.507 e. The maximum Gasteiger partial charge on any atom is 0.124 e. The Labute approximate surface area is 118 Å². The molecular formula is C16H19NO3. The number of methoxy groups -OCH3 is 1. The van der Waals surface area contributed by atoms with E-state index in [1.54, 1.807) is 13.2 Å². The third-order valence-electron chi connectivity index (χ3n) is 3.05. The molecule has 0 spiro atoms. The van der Waals surface area contributed by atoms with Crippen LogP contribution in [0.5, 0.6) is 11.5 Å². The smallest absolute Gasteiger partial charge is 0.124 e. The Kier molecular flexibility index (Phi) is 4.98. The Morgan fingerprint density at radius 1 is 1.15 bits per heavy atom. The van der Waals surface area contributed by atoms with Gasteiger partial charge in [-0.3, -0.25) is 4.84 Å². The summed E-state index contributed by atoms with van der Waals surface area (Å²) in [5.41, 5.74) is 4.78. The molecule has 4 heteroatoms. The molecule has 0 aliphatic rings. The van der Waals surface area contributed by atoms with Crippen LogP contribution in [-0.2, 0) is 11.4 Å². The van der Waals surface area contributed by atoms with Gasteiger partial charge in [0, 0.05) is 11.6 Å². The van der Waals surface area contributed by atoms with E-state index in [-0.39, 0.29) is 11.8 Å². The summed E-state index contributed by atoms with van der Waals surface area (Å²) < 4.78 is 5.06. The van der Waals surface area contributed by atoms with E-state index in [0.29, 0.717) is 12.4 Å². The van der Waals surface area contributed by atoms with Crippen LogP contribution in [0.2, 0.25) is 0 Å². The zero-order valence-electron chi connectivity index (χ0n) is 11.7. The van der Waals surface area contributed by atoms with E-state index in [1.807, 2.05) is 49.4 Å². The molecule has 0 aromatic heterocycles. The van der Waals surface area contributed by atoms with Crippen molar-refractivity contribution in [2.24, 2.45) is 0 Å². The van der Waals surface area contributed by atoms with Gasteiger partial charge in [0.25, 0.3) is 0 Å². The summed E-state index contributed by atoms with van der Waals surface area (Å²) in [5.74, 6) is 0.816. The largest absolute Gasteiger partial charge is 0.507 e. The summed E-state index contributed by atoms with van der Waals surface area (Å²) in [6, 6.07) is 15.0. The lowest BCUT2D eigenvalue weighted by Crippen LogP contribution is -2.19. The third-order valence-corrected chi connectivity index (χ3v) is 3.05. The van der Waals surface area contributed by atoms with Gasteiger partial charge in [0.1, 0.15) is 11.5 Å². The van der Waals surface area contributed by atoms with Crippen molar-refractivity contribution in [2.45, 2.75) is 19.6 Å². The number of hydrogen-bond donors (Lipinski definition) is 2. The first kappa shape index (κ1) is 14.4. The molecule has 0 aliphatic carbocycles. The minimum atomic E-state index is -0.121. The van der Waals surface area contributed by atoms with Crippen LogP contribution in [0.4, 0.5) is 0 Å². The molecule has 0 saturated heterocycles. The zero-order chi connectivity index (χ0) is 14.4. The summed E-state index contributed by atoms with van der Waals surface area (Å²) in [4.78, 5) is 5.46. The average molecular weight is 273 g/mol. The van der Waals surface area contributed by atoms with E-state index in [9.17, 15) is 5.11 Å².